The van der Waals surface area contributed by atoms with Crippen molar-refractivity contribution in [3.05, 3.63) is 35.6 Å². The smallest absolute Gasteiger partial charge is 0.123 e. The third-order valence-electron chi connectivity index (χ3n) is 3.16. The van der Waals surface area contributed by atoms with Crippen LogP contribution in [0, 0.1) is 5.82 Å². The number of benzene rings is 1. The summed E-state index contributed by atoms with van der Waals surface area (Å²) in [6, 6.07) is 7.04. The lowest BCUT2D eigenvalue weighted by Gasteiger charge is -2.17. The van der Waals surface area contributed by atoms with Crippen LogP contribution in [-0.2, 0) is 0 Å². The molecule has 0 aliphatic rings. The Morgan fingerprint density at radius 1 is 1.11 bits per heavy atom. The Morgan fingerprint density at radius 2 is 1.78 bits per heavy atom. The largest absolute Gasteiger partial charge is 0.396 e. The maximum Gasteiger partial charge on any atom is 0.123 e. The van der Waals surface area contributed by atoms with Crippen LogP contribution in [0.1, 0.15) is 50.6 Å². The zero-order valence-electron chi connectivity index (χ0n) is 11.2. The summed E-state index contributed by atoms with van der Waals surface area (Å²) >= 11 is 0. The number of hydrogen-bond acceptors (Lipinski definition) is 2. The van der Waals surface area contributed by atoms with Gasteiger partial charge in [0.1, 0.15) is 5.82 Å². The lowest BCUT2D eigenvalue weighted by Crippen LogP contribution is -2.21. The van der Waals surface area contributed by atoms with Gasteiger partial charge in [0.2, 0.25) is 0 Å². The Balaban J connectivity index is 2.27. The first-order chi connectivity index (χ1) is 8.77. The number of nitrogens with one attached hydrogen (secondary N) is 1. The molecule has 0 saturated carbocycles. The second kappa shape index (κ2) is 9.06. The van der Waals surface area contributed by atoms with Gasteiger partial charge in [-0.05, 0) is 43.5 Å². The number of unbranched alkanes of at least 4 members (excludes halogenated alkanes) is 3. The molecule has 0 heterocycles. The number of rotatable bonds is 9. The van der Waals surface area contributed by atoms with Crippen molar-refractivity contribution in [2.24, 2.45) is 0 Å². The van der Waals surface area contributed by atoms with E-state index in [1.54, 1.807) is 0 Å². The highest BCUT2D eigenvalue weighted by molar-refractivity contribution is 5.19. The lowest BCUT2D eigenvalue weighted by molar-refractivity contribution is 0.282. The van der Waals surface area contributed by atoms with Gasteiger partial charge in [-0.15, -0.1) is 0 Å². The minimum atomic E-state index is -0.183. The van der Waals surface area contributed by atoms with Crippen molar-refractivity contribution >= 4 is 0 Å². The zero-order valence-corrected chi connectivity index (χ0v) is 11.2. The van der Waals surface area contributed by atoms with E-state index in [4.69, 9.17) is 5.11 Å². The normalized spacial score (nSPS) is 12.6. The molecule has 1 unspecified atom stereocenters. The zero-order chi connectivity index (χ0) is 13.2. The molecule has 102 valence electrons. The van der Waals surface area contributed by atoms with Crippen molar-refractivity contribution < 1.29 is 9.50 Å². The van der Waals surface area contributed by atoms with E-state index in [1.165, 1.54) is 12.1 Å². The van der Waals surface area contributed by atoms with Crippen LogP contribution in [0.4, 0.5) is 4.39 Å². The molecule has 0 saturated heterocycles. The van der Waals surface area contributed by atoms with Crippen molar-refractivity contribution in [3.8, 4) is 0 Å². The summed E-state index contributed by atoms with van der Waals surface area (Å²) in [4.78, 5) is 0. The van der Waals surface area contributed by atoms with Crippen molar-refractivity contribution in [3.63, 3.8) is 0 Å². The van der Waals surface area contributed by atoms with Gasteiger partial charge in [0.15, 0.2) is 0 Å². The number of aliphatic hydroxyl groups excluding tert-OH is 1. The van der Waals surface area contributed by atoms with Gasteiger partial charge in [0, 0.05) is 12.6 Å². The average molecular weight is 253 g/mol. The van der Waals surface area contributed by atoms with Crippen LogP contribution < -0.4 is 5.32 Å². The summed E-state index contributed by atoms with van der Waals surface area (Å²) in [5.74, 6) is -0.183. The first-order valence-electron chi connectivity index (χ1n) is 6.87. The minimum Gasteiger partial charge on any atom is -0.396 e. The molecule has 0 spiro atoms. The molecule has 1 aromatic carbocycles. The molecular weight excluding hydrogens is 229 g/mol. The molecule has 1 atom stereocenters. The summed E-state index contributed by atoms with van der Waals surface area (Å²) < 4.78 is 12.8. The van der Waals surface area contributed by atoms with Crippen LogP contribution in [0.15, 0.2) is 24.3 Å². The van der Waals surface area contributed by atoms with Crippen LogP contribution in [0.25, 0.3) is 0 Å². The lowest BCUT2D eigenvalue weighted by atomic mass is 10.0. The Hall–Kier alpha value is -0.930. The SMILES string of the molecule is CCC(NCCCCCCO)c1ccc(F)cc1. The molecule has 1 aromatic rings. The quantitative estimate of drug-likeness (QED) is 0.661. The molecule has 2 N–H and O–H groups in total. The molecule has 0 bridgehead atoms. The highest BCUT2D eigenvalue weighted by atomic mass is 19.1. The highest BCUT2D eigenvalue weighted by Gasteiger charge is 2.07. The topological polar surface area (TPSA) is 32.3 Å². The maximum absolute atomic E-state index is 12.8. The van der Waals surface area contributed by atoms with Gasteiger partial charge < -0.3 is 10.4 Å². The van der Waals surface area contributed by atoms with Crippen LogP contribution in [-0.4, -0.2) is 18.3 Å². The highest BCUT2D eigenvalue weighted by Crippen LogP contribution is 2.16. The molecule has 2 nitrogen and oxygen atoms in total. The monoisotopic (exact) mass is 253 g/mol. The predicted molar refractivity (Wildman–Crippen MR) is 73.0 cm³/mol. The summed E-state index contributed by atoms with van der Waals surface area (Å²) in [5.41, 5.74) is 1.15. The van der Waals surface area contributed by atoms with E-state index in [1.807, 2.05) is 12.1 Å². The van der Waals surface area contributed by atoms with E-state index in [2.05, 4.69) is 12.2 Å². The van der Waals surface area contributed by atoms with Gasteiger partial charge in [-0.1, -0.05) is 31.9 Å². The second-order valence-corrected chi connectivity index (χ2v) is 4.60. The minimum absolute atomic E-state index is 0.183. The molecular formula is C15H24FNO. The third-order valence-corrected chi connectivity index (χ3v) is 3.16. The molecule has 0 fully saturated rings. The average Bonchev–Trinajstić information content (AvgIpc) is 2.39. The van der Waals surface area contributed by atoms with Crippen LogP contribution in [0.2, 0.25) is 0 Å². The molecule has 0 aliphatic heterocycles. The Bertz CT molecular complexity index is 313. The first kappa shape index (κ1) is 15.1. The molecule has 0 aliphatic carbocycles. The maximum atomic E-state index is 12.8. The molecule has 1 rings (SSSR count). The fourth-order valence-corrected chi connectivity index (χ4v) is 2.06. The molecule has 0 aromatic heterocycles. The van der Waals surface area contributed by atoms with E-state index >= 15 is 0 Å². The summed E-state index contributed by atoms with van der Waals surface area (Å²) in [6.45, 7) is 3.40. The van der Waals surface area contributed by atoms with Gasteiger partial charge in [-0.2, -0.15) is 0 Å². The fraction of sp³-hybridized carbons (Fsp3) is 0.600. The van der Waals surface area contributed by atoms with Crippen LogP contribution in [0.5, 0.6) is 0 Å². The van der Waals surface area contributed by atoms with Crippen LogP contribution in [0.3, 0.4) is 0 Å². The van der Waals surface area contributed by atoms with E-state index in [9.17, 15) is 4.39 Å². The Labute approximate surface area is 109 Å². The first-order valence-corrected chi connectivity index (χ1v) is 6.87. The number of aliphatic hydroxyl groups is 1. The summed E-state index contributed by atoms with van der Waals surface area (Å²) in [7, 11) is 0. The van der Waals surface area contributed by atoms with E-state index in [0.717, 1.165) is 44.2 Å². The van der Waals surface area contributed by atoms with Gasteiger partial charge in [-0.25, -0.2) is 4.39 Å². The Morgan fingerprint density at radius 3 is 2.39 bits per heavy atom. The Kier molecular flexibility index (Phi) is 7.62. The summed E-state index contributed by atoms with van der Waals surface area (Å²) in [6.07, 6.45) is 5.26. The van der Waals surface area contributed by atoms with Crippen molar-refractivity contribution in [2.45, 2.75) is 45.1 Å². The predicted octanol–water partition coefficient (Wildman–Crippen LogP) is 3.42. The molecule has 0 radical (unpaired) electrons. The summed E-state index contributed by atoms with van der Waals surface area (Å²) in [5, 5.41) is 12.2. The van der Waals surface area contributed by atoms with E-state index < -0.39 is 0 Å². The van der Waals surface area contributed by atoms with E-state index in [-0.39, 0.29) is 5.82 Å². The molecule has 0 amide bonds. The van der Waals surface area contributed by atoms with Gasteiger partial charge >= 0.3 is 0 Å². The number of hydrogen-bond donors (Lipinski definition) is 2. The molecule has 3 heteroatoms. The number of halogens is 1. The van der Waals surface area contributed by atoms with Crippen molar-refractivity contribution in [1.82, 2.24) is 5.32 Å². The fourth-order valence-electron chi connectivity index (χ4n) is 2.06. The van der Waals surface area contributed by atoms with Crippen molar-refractivity contribution in [1.29, 1.82) is 0 Å². The van der Waals surface area contributed by atoms with Gasteiger partial charge in [0.25, 0.3) is 0 Å². The molecule has 18 heavy (non-hydrogen) atoms. The second-order valence-electron chi connectivity index (χ2n) is 4.60. The van der Waals surface area contributed by atoms with Crippen LogP contribution >= 0.6 is 0 Å². The van der Waals surface area contributed by atoms with Crippen molar-refractivity contribution in [2.75, 3.05) is 13.2 Å². The van der Waals surface area contributed by atoms with Gasteiger partial charge in [-0.3, -0.25) is 0 Å². The standard InChI is InChI=1S/C15H24FNO/c1-2-15(13-7-9-14(16)10-8-13)17-11-5-3-4-6-12-18/h7-10,15,17-18H,2-6,11-12H2,1H3. The van der Waals surface area contributed by atoms with Gasteiger partial charge in [0.05, 0.1) is 0 Å². The third kappa shape index (κ3) is 5.61. The van der Waals surface area contributed by atoms with E-state index in [0.29, 0.717) is 12.6 Å².